The predicted octanol–water partition coefficient (Wildman–Crippen LogP) is 5.89. The second kappa shape index (κ2) is 5.71. The van der Waals surface area contributed by atoms with Gasteiger partial charge in [0.05, 0.1) is 0 Å². The minimum atomic E-state index is 0.102. The topological polar surface area (TPSA) is 0 Å². The van der Waals surface area contributed by atoms with E-state index >= 15 is 0 Å². The number of benzene rings is 1. The number of allylic oxidation sites excluding steroid dienone is 4. The van der Waals surface area contributed by atoms with Gasteiger partial charge in [-0.15, -0.1) is 0 Å². The lowest BCUT2D eigenvalue weighted by Gasteiger charge is -2.32. The molecule has 1 heteroatoms. The number of rotatable bonds is 2. The molecule has 0 amide bonds. The maximum atomic E-state index is 3.95. The van der Waals surface area contributed by atoms with Crippen LogP contribution in [0.2, 0.25) is 0 Å². The lowest BCUT2D eigenvalue weighted by Crippen LogP contribution is -2.37. The average Bonchev–Trinajstić information content (AvgIpc) is 2.79. The van der Waals surface area contributed by atoms with Gasteiger partial charge in [0.2, 0.25) is 0 Å². The highest BCUT2D eigenvalue weighted by molar-refractivity contribution is 9.10. The van der Waals surface area contributed by atoms with Crippen molar-refractivity contribution in [3.8, 4) is 0 Å². The quantitative estimate of drug-likeness (QED) is 0.532. The Morgan fingerprint density at radius 1 is 1.08 bits per heavy atom. The van der Waals surface area contributed by atoms with E-state index in [1.54, 1.807) is 22.3 Å². The highest BCUT2D eigenvalue weighted by Crippen LogP contribution is 2.57. The van der Waals surface area contributed by atoms with Crippen LogP contribution in [0.25, 0.3) is 11.6 Å². The van der Waals surface area contributed by atoms with Crippen LogP contribution in [0.15, 0.2) is 47.1 Å². The van der Waals surface area contributed by atoms with Gasteiger partial charge in [-0.25, -0.2) is 0 Å². The summed E-state index contributed by atoms with van der Waals surface area (Å²) < 4.78 is 0.133. The van der Waals surface area contributed by atoms with Crippen molar-refractivity contribution in [2.24, 2.45) is 16.7 Å². The second-order valence-corrected chi connectivity index (χ2v) is 12.4. The van der Waals surface area contributed by atoms with Gasteiger partial charge in [-0.1, -0.05) is 93.9 Å². The summed E-state index contributed by atoms with van der Waals surface area (Å²) in [5, 5.41) is 2.87. The first-order chi connectivity index (χ1) is 12.0. The lowest BCUT2D eigenvalue weighted by molar-refractivity contribution is 0.414. The summed E-state index contributed by atoms with van der Waals surface area (Å²) in [5.41, 5.74) is 6.91. The maximum Gasteiger partial charge on any atom is 0.0210 e. The van der Waals surface area contributed by atoms with Crippen molar-refractivity contribution in [3.63, 3.8) is 0 Å². The number of hydrogen-bond acceptors (Lipinski definition) is 0. The van der Waals surface area contributed by atoms with Crippen molar-refractivity contribution in [1.82, 2.24) is 0 Å². The summed E-state index contributed by atoms with van der Waals surface area (Å²) in [6, 6.07) is 9.02. The molecule has 3 aliphatic carbocycles. The first-order valence-electron chi connectivity index (χ1n) is 9.97. The van der Waals surface area contributed by atoms with Crippen LogP contribution in [0.3, 0.4) is 0 Å². The summed E-state index contributed by atoms with van der Waals surface area (Å²) in [5.74, 6) is 0.503. The average molecular weight is 411 g/mol. The number of fused-ring (bicyclic) bond motifs is 3. The van der Waals surface area contributed by atoms with Gasteiger partial charge in [0.1, 0.15) is 0 Å². The fourth-order valence-corrected chi connectivity index (χ4v) is 5.65. The van der Waals surface area contributed by atoms with Crippen molar-refractivity contribution >= 4 is 27.6 Å². The van der Waals surface area contributed by atoms with Crippen LogP contribution in [0.1, 0.15) is 60.8 Å². The Bertz CT molecular complexity index is 945. The Morgan fingerprint density at radius 3 is 2.46 bits per heavy atom. The van der Waals surface area contributed by atoms with Gasteiger partial charge in [-0.3, -0.25) is 0 Å². The molecule has 1 aromatic carbocycles. The Morgan fingerprint density at radius 2 is 1.77 bits per heavy atom. The monoisotopic (exact) mass is 410 g/mol. The van der Waals surface area contributed by atoms with Crippen LogP contribution in [-0.4, -0.2) is 4.32 Å². The molecule has 0 fully saturated rings. The van der Waals surface area contributed by atoms with Gasteiger partial charge < -0.3 is 0 Å². The number of halogens is 1. The van der Waals surface area contributed by atoms with Crippen molar-refractivity contribution in [2.45, 2.75) is 65.1 Å². The molecule has 0 radical (unpaired) electrons. The number of alkyl halides is 1. The molecule has 138 valence electrons. The van der Waals surface area contributed by atoms with Gasteiger partial charge in [-0.05, 0) is 57.4 Å². The van der Waals surface area contributed by atoms with Crippen molar-refractivity contribution in [3.05, 3.63) is 57.5 Å². The van der Waals surface area contributed by atoms with E-state index in [0.29, 0.717) is 11.3 Å². The summed E-state index contributed by atoms with van der Waals surface area (Å²) in [4.78, 5) is 0. The molecule has 4 rings (SSSR count). The van der Waals surface area contributed by atoms with E-state index < -0.39 is 0 Å². The van der Waals surface area contributed by atoms with Crippen molar-refractivity contribution in [2.75, 3.05) is 0 Å². The Balaban J connectivity index is 2.08. The van der Waals surface area contributed by atoms with Gasteiger partial charge in [0.25, 0.3) is 0 Å². The van der Waals surface area contributed by atoms with E-state index in [1.807, 2.05) is 0 Å². The molecule has 0 nitrogen and oxygen atoms in total. The Hall–Kier alpha value is -1.08. The van der Waals surface area contributed by atoms with Gasteiger partial charge in [-0.2, -0.15) is 0 Å². The van der Waals surface area contributed by atoms with Crippen molar-refractivity contribution in [1.29, 1.82) is 0 Å². The Labute approximate surface area is 166 Å². The standard InChI is InChI=1S/C25H31Br/c1-23(2)12-11-18-19(14-23)20(15-25(5,6)26)21-17-10-8-7-9-16(17)13-24(3,4)22(18)21/h7-10,13-14,20H,11-12,15H2,1-6H3. The minimum Gasteiger partial charge on any atom is -0.0859 e. The zero-order valence-corrected chi connectivity index (χ0v) is 18.6. The highest BCUT2D eigenvalue weighted by Gasteiger charge is 2.45. The maximum absolute atomic E-state index is 3.95. The molecule has 3 aliphatic rings. The van der Waals surface area contributed by atoms with Crippen LogP contribution >= 0.6 is 15.9 Å². The van der Waals surface area contributed by atoms with Crippen LogP contribution in [0.4, 0.5) is 0 Å². The predicted molar refractivity (Wildman–Crippen MR) is 117 cm³/mol. The summed E-state index contributed by atoms with van der Waals surface area (Å²) >= 11 is 3.95. The smallest absolute Gasteiger partial charge is 0.0210 e. The second-order valence-electron chi connectivity index (χ2n) is 10.3. The first kappa shape index (κ1) is 18.3. The molecule has 0 bridgehead atoms. The third-order valence-electron chi connectivity index (χ3n) is 6.31. The van der Waals surface area contributed by atoms with Crippen LogP contribution in [0.5, 0.6) is 0 Å². The molecule has 0 N–H and O–H groups in total. The molecule has 1 aromatic rings. The summed E-state index contributed by atoms with van der Waals surface area (Å²) in [7, 11) is 0. The van der Waals surface area contributed by atoms with E-state index in [1.165, 1.54) is 23.3 Å². The van der Waals surface area contributed by atoms with E-state index in [2.05, 4.69) is 93.9 Å². The zero-order chi connectivity index (χ0) is 18.9. The SMILES string of the molecule is CC(C)(Br)CC1C2=CC(C)(C)CCC2=C2C1=c1ccccc1=CC2(C)C. The Kier molecular flexibility index (Phi) is 4.02. The van der Waals surface area contributed by atoms with Gasteiger partial charge >= 0.3 is 0 Å². The van der Waals surface area contributed by atoms with E-state index in [-0.39, 0.29) is 9.74 Å². The van der Waals surface area contributed by atoms with Crippen LogP contribution in [-0.2, 0) is 0 Å². The van der Waals surface area contributed by atoms with Crippen LogP contribution < -0.4 is 10.4 Å². The molecule has 0 saturated carbocycles. The fourth-order valence-electron chi connectivity index (χ4n) is 5.33. The van der Waals surface area contributed by atoms with Gasteiger partial charge in [0, 0.05) is 15.7 Å². The minimum absolute atomic E-state index is 0.102. The zero-order valence-electron chi connectivity index (χ0n) is 17.0. The molecule has 0 aliphatic heterocycles. The molecule has 0 spiro atoms. The largest absolute Gasteiger partial charge is 0.0859 e. The summed E-state index contributed by atoms with van der Waals surface area (Å²) in [6.45, 7) is 14.2. The third-order valence-corrected chi connectivity index (χ3v) is 6.63. The summed E-state index contributed by atoms with van der Waals surface area (Å²) in [6.07, 6.45) is 8.71. The van der Waals surface area contributed by atoms with E-state index in [4.69, 9.17) is 0 Å². The molecular formula is C25H31Br. The molecule has 1 atom stereocenters. The molecule has 0 saturated heterocycles. The normalized spacial score (nSPS) is 25.9. The van der Waals surface area contributed by atoms with Gasteiger partial charge in [0.15, 0.2) is 0 Å². The number of hydrogen-bond donors (Lipinski definition) is 0. The lowest BCUT2D eigenvalue weighted by atomic mass is 9.73. The molecule has 1 unspecified atom stereocenters. The third kappa shape index (κ3) is 2.97. The molecule has 26 heavy (non-hydrogen) atoms. The van der Waals surface area contributed by atoms with Crippen molar-refractivity contribution < 1.29 is 0 Å². The molecule has 0 aromatic heterocycles. The van der Waals surface area contributed by atoms with E-state index in [9.17, 15) is 0 Å². The fraction of sp³-hybridized carbons (Fsp3) is 0.520. The van der Waals surface area contributed by atoms with Crippen LogP contribution in [0, 0.1) is 16.7 Å². The van der Waals surface area contributed by atoms with E-state index in [0.717, 1.165) is 6.42 Å². The highest BCUT2D eigenvalue weighted by atomic mass is 79.9. The molecular weight excluding hydrogens is 380 g/mol. The molecule has 0 heterocycles. The first-order valence-corrected chi connectivity index (χ1v) is 10.8.